The van der Waals surface area contributed by atoms with Gasteiger partial charge in [0.2, 0.25) is 29.5 Å². The van der Waals surface area contributed by atoms with E-state index in [2.05, 4.69) is 36.1 Å². The van der Waals surface area contributed by atoms with Gasteiger partial charge in [0.25, 0.3) is 0 Å². The molecular formula is C60H71FN8O10S. The summed E-state index contributed by atoms with van der Waals surface area (Å²) >= 11 is 1.58. The molecule has 4 N–H and O–H groups in total. The summed E-state index contributed by atoms with van der Waals surface area (Å²) in [6.07, 6.45) is 4.24. The van der Waals surface area contributed by atoms with Gasteiger partial charge in [-0.25, -0.2) is 9.37 Å². The van der Waals surface area contributed by atoms with Gasteiger partial charge in [-0.15, -0.1) is 11.3 Å². The Kier molecular flexibility index (Phi) is 19.5. The highest BCUT2D eigenvalue weighted by Gasteiger charge is 2.56. The number of halogens is 1. The number of hydrogen-bond acceptors (Lipinski definition) is 14. The number of carbonyl (C=O) groups is 5. The molecule has 8 rings (SSSR count). The van der Waals surface area contributed by atoms with E-state index in [1.807, 2.05) is 69.6 Å². The zero-order chi connectivity index (χ0) is 57.0. The standard InChI is InChI=1S/C60H71FN8O10S/c1-38-53(80-37-64-38)41-10-8-40(9-11-41)36-63-55(71)39(2)68(6)56(72)54(59(3,4)5)67-52(70)23-29-76-30-31-77-32-33-78-45-21-27-69(28-22-45)49-35-48-47(34-51(49)75-7)50(20-26-62-48)79-46-18-16-44(17-19-46)66-58(74)60(24-25-60)57(73)65-43-14-12-42(61)13-15-43/h8-20,26,34-35,37,39,45,54H,21-25,27-33,36H2,1-7H3,(H,63,71)(H,65,73)(H,66,74)(H,67,70)/t39-,54+/m0/s1. The molecule has 0 radical (unpaired) electrons. The largest absolute Gasteiger partial charge is 0.495 e. The van der Waals surface area contributed by atoms with E-state index >= 15 is 0 Å². The van der Waals surface area contributed by atoms with Crippen LogP contribution in [-0.4, -0.2) is 123 Å². The highest BCUT2D eigenvalue weighted by atomic mass is 32.1. The van der Waals surface area contributed by atoms with Crippen molar-refractivity contribution in [3.05, 3.63) is 120 Å². The average molecular weight is 1120 g/mol. The number of thiazole rings is 1. The van der Waals surface area contributed by atoms with Gasteiger partial charge in [-0.2, -0.15) is 0 Å². The summed E-state index contributed by atoms with van der Waals surface area (Å²) in [6.45, 7) is 12.6. The molecule has 424 valence electrons. The fourth-order valence-corrected chi connectivity index (χ4v) is 10.1. The molecule has 2 fully saturated rings. The highest BCUT2D eigenvalue weighted by molar-refractivity contribution is 7.13. The maximum absolute atomic E-state index is 13.7. The number of pyridine rings is 1. The first kappa shape index (κ1) is 58.6. The molecule has 2 aliphatic rings. The number of methoxy groups -OCH3 is 1. The van der Waals surface area contributed by atoms with E-state index in [1.165, 1.54) is 29.2 Å². The van der Waals surface area contributed by atoms with Gasteiger partial charge in [-0.1, -0.05) is 45.0 Å². The smallest absolute Gasteiger partial charge is 0.246 e. The minimum atomic E-state index is -1.18. The molecule has 2 aromatic heterocycles. The van der Waals surface area contributed by atoms with Gasteiger partial charge in [0.05, 0.1) is 73.5 Å². The van der Waals surface area contributed by atoms with Crippen LogP contribution in [0.5, 0.6) is 17.2 Å². The van der Waals surface area contributed by atoms with Crippen LogP contribution in [0.1, 0.15) is 71.1 Å². The molecule has 1 saturated carbocycles. The van der Waals surface area contributed by atoms with Gasteiger partial charge >= 0.3 is 0 Å². The molecule has 80 heavy (non-hydrogen) atoms. The van der Waals surface area contributed by atoms with Crippen molar-refractivity contribution in [3.8, 4) is 27.7 Å². The average Bonchev–Trinajstić information content (AvgIpc) is 4.25. The maximum Gasteiger partial charge on any atom is 0.246 e. The molecule has 5 amide bonds. The number of aryl methyl sites for hydroxylation is 1. The third-order valence-electron chi connectivity index (χ3n) is 14.4. The predicted octanol–water partition coefficient (Wildman–Crippen LogP) is 9.07. The van der Waals surface area contributed by atoms with Crippen LogP contribution in [0.3, 0.4) is 0 Å². The van der Waals surface area contributed by atoms with Crippen molar-refractivity contribution < 1.29 is 52.0 Å². The number of benzene rings is 4. The molecule has 0 unspecified atom stereocenters. The molecule has 0 spiro atoms. The number of rotatable bonds is 25. The number of piperidine rings is 1. The third kappa shape index (κ3) is 15.0. The highest BCUT2D eigenvalue weighted by Crippen LogP contribution is 2.48. The maximum atomic E-state index is 13.7. The normalized spacial score (nSPS) is 14.9. The SMILES string of the molecule is COc1cc2c(Oc3ccc(NC(=O)C4(C(=O)Nc5ccc(F)cc5)CC4)cc3)ccnc2cc1N1CCC(OCCOCCOCCC(=O)N[C@H](C(=O)N(C)[C@@H](C)C(=O)NCc2ccc(-c3scnc3C)cc2)C(C)(C)C)CC1. The lowest BCUT2D eigenvalue weighted by Crippen LogP contribution is -2.57. The Morgan fingerprint density at radius 3 is 2.08 bits per heavy atom. The van der Waals surface area contributed by atoms with Gasteiger partial charge < -0.3 is 54.8 Å². The summed E-state index contributed by atoms with van der Waals surface area (Å²) in [5.41, 5.74) is 5.56. The van der Waals surface area contributed by atoms with E-state index in [4.69, 9.17) is 23.7 Å². The van der Waals surface area contributed by atoms with Crippen LogP contribution in [0.2, 0.25) is 0 Å². The van der Waals surface area contributed by atoms with Crippen LogP contribution < -0.4 is 35.6 Å². The fraction of sp³-hybridized carbons (Fsp3) is 0.417. The number of amides is 5. The molecule has 1 aliphatic carbocycles. The number of hydrogen-bond donors (Lipinski definition) is 4. The first-order valence-corrected chi connectivity index (χ1v) is 27.8. The van der Waals surface area contributed by atoms with Crippen LogP contribution in [0.25, 0.3) is 21.3 Å². The minimum Gasteiger partial charge on any atom is -0.495 e. The second kappa shape index (κ2) is 26.6. The van der Waals surface area contributed by atoms with Crippen molar-refractivity contribution in [2.24, 2.45) is 10.8 Å². The van der Waals surface area contributed by atoms with Crippen molar-refractivity contribution >= 4 is 68.8 Å². The molecule has 20 heteroatoms. The zero-order valence-corrected chi connectivity index (χ0v) is 47.2. The predicted molar refractivity (Wildman–Crippen MR) is 305 cm³/mol. The summed E-state index contributed by atoms with van der Waals surface area (Å²) in [5, 5.41) is 12.1. The van der Waals surface area contributed by atoms with Crippen LogP contribution in [0, 0.1) is 23.6 Å². The van der Waals surface area contributed by atoms with Crippen molar-refractivity contribution in [1.29, 1.82) is 0 Å². The van der Waals surface area contributed by atoms with Gasteiger partial charge in [-0.3, -0.25) is 29.0 Å². The molecule has 18 nitrogen and oxygen atoms in total. The van der Waals surface area contributed by atoms with Gasteiger partial charge in [0.1, 0.15) is 40.6 Å². The lowest BCUT2D eigenvalue weighted by molar-refractivity contribution is -0.143. The summed E-state index contributed by atoms with van der Waals surface area (Å²) in [7, 11) is 3.21. The van der Waals surface area contributed by atoms with Crippen molar-refractivity contribution in [2.45, 2.75) is 91.5 Å². The molecule has 3 heterocycles. The molecule has 2 atom stereocenters. The summed E-state index contributed by atoms with van der Waals surface area (Å²) in [6, 6.07) is 24.3. The van der Waals surface area contributed by atoms with E-state index in [0.717, 1.165) is 64.2 Å². The van der Waals surface area contributed by atoms with Gasteiger partial charge in [-0.05, 0) is 123 Å². The summed E-state index contributed by atoms with van der Waals surface area (Å²) < 4.78 is 43.2. The Morgan fingerprint density at radius 1 is 0.825 bits per heavy atom. The van der Waals surface area contributed by atoms with Crippen LogP contribution in [0.4, 0.5) is 21.5 Å². The second-order valence-corrected chi connectivity index (χ2v) is 22.0. The number of anilines is 3. The number of nitrogens with one attached hydrogen (secondary N) is 4. The quantitative estimate of drug-likeness (QED) is 0.0312. The molecular weight excluding hydrogens is 1040 g/mol. The third-order valence-corrected chi connectivity index (χ3v) is 15.4. The second-order valence-electron chi connectivity index (χ2n) is 21.2. The first-order chi connectivity index (χ1) is 38.4. The number of carbonyl (C=O) groups excluding carboxylic acids is 5. The van der Waals surface area contributed by atoms with Crippen LogP contribution in [0.15, 0.2) is 103 Å². The van der Waals surface area contributed by atoms with Crippen LogP contribution in [-0.2, 0) is 44.7 Å². The summed E-state index contributed by atoms with van der Waals surface area (Å²) in [4.78, 5) is 79.9. The number of nitrogens with zero attached hydrogens (tertiary/aromatic N) is 4. The Labute approximate surface area is 470 Å². The monoisotopic (exact) mass is 1110 g/mol. The lowest BCUT2D eigenvalue weighted by atomic mass is 9.85. The van der Waals surface area contributed by atoms with Crippen molar-refractivity contribution in [2.75, 3.05) is 75.8 Å². The van der Waals surface area contributed by atoms with Crippen molar-refractivity contribution in [1.82, 2.24) is 25.5 Å². The first-order valence-electron chi connectivity index (χ1n) is 26.9. The topological polar surface area (TPSA) is 212 Å². The van der Waals surface area contributed by atoms with Crippen LogP contribution >= 0.6 is 11.3 Å². The van der Waals surface area contributed by atoms with E-state index < -0.39 is 40.5 Å². The Balaban J connectivity index is 0.704. The van der Waals surface area contributed by atoms with Crippen molar-refractivity contribution in [3.63, 3.8) is 0 Å². The molecule has 0 bridgehead atoms. The minimum absolute atomic E-state index is 0.0513. The summed E-state index contributed by atoms with van der Waals surface area (Å²) in [5.74, 6) is -0.463. The number of fused-ring (bicyclic) bond motifs is 1. The zero-order valence-electron chi connectivity index (χ0n) is 46.4. The number of aromatic nitrogens is 2. The number of likely N-dealkylation sites (N-methyl/N-ethyl adjacent to an activating group) is 1. The van der Waals surface area contributed by atoms with Gasteiger partial charge in [0.15, 0.2) is 0 Å². The van der Waals surface area contributed by atoms with E-state index in [9.17, 15) is 28.4 Å². The van der Waals surface area contributed by atoms with Gasteiger partial charge in [0, 0.05) is 56.1 Å². The molecule has 1 saturated heterocycles. The van der Waals surface area contributed by atoms with E-state index in [0.29, 0.717) is 67.8 Å². The van der Waals surface area contributed by atoms with E-state index in [-0.39, 0.29) is 43.5 Å². The fourth-order valence-electron chi connectivity index (χ4n) is 9.25. The molecule has 1 aliphatic heterocycles. The molecule has 6 aromatic rings. The number of ether oxygens (including phenoxy) is 5. The Morgan fingerprint density at radius 2 is 1.46 bits per heavy atom. The van der Waals surface area contributed by atoms with E-state index in [1.54, 1.807) is 68.9 Å². The molecule has 4 aromatic carbocycles. The Bertz CT molecular complexity index is 3100. The Hall–Kier alpha value is -7.52. The lowest BCUT2D eigenvalue weighted by Gasteiger charge is -2.35.